The second kappa shape index (κ2) is 6.86. The van der Waals surface area contributed by atoms with Crippen molar-refractivity contribution in [2.75, 3.05) is 13.2 Å². The number of hydrogen-bond acceptors (Lipinski definition) is 3. The van der Waals surface area contributed by atoms with Crippen LogP contribution in [0.5, 0.6) is 0 Å². The number of ether oxygens (including phenoxy) is 1. The number of hydrogen-bond donors (Lipinski definition) is 1. The lowest BCUT2D eigenvalue weighted by Crippen LogP contribution is -2.36. The van der Waals surface area contributed by atoms with Gasteiger partial charge in [-0.05, 0) is 48.0 Å². The second-order valence-corrected chi connectivity index (χ2v) is 5.99. The summed E-state index contributed by atoms with van der Waals surface area (Å²) in [6.07, 6.45) is 4.01. The molecule has 0 spiro atoms. The van der Waals surface area contributed by atoms with E-state index < -0.39 is 0 Å². The van der Waals surface area contributed by atoms with Crippen LogP contribution in [0, 0.1) is 5.92 Å². The van der Waals surface area contributed by atoms with Crippen molar-refractivity contribution >= 4 is 15.9 Å². The van der Waals surface area contributed by atoms with Crippen LogP contribution in [0.3, 0.4) is 0 Å². The van der Waals surface area contributed by atoms with Crippen LogP contribution in [0.25, 0.3) is 0 Å². The average molecular weight is 330 g/mol. The summed E-state index contributed by atoms with van der Waals surface area (Å²) in [6, 6.07) is 0.201. The normalized spacial score (nSPS) is 18.7. The van der Waals surface area contributed by atoms with Crippen LogP contribution in [0.4, 0.5) is 0 Å². The number of aryl methyl sites for hydroxylation is 2. The van der Waals surface area contributed by atoms with Gasteiger partial charge in [0.1, 0.15) is 0 Å². The summed E-state index contributed by atoms with van der Waals surface area (Å²) in [5, 5.41) is 4.63. The van der Waals surface area contributed by atoms with Crippen molar-refractivity contribution in [3.05, 3.63) is 15.9 Å². The van der Waals surface area contributed by atoms with Gasteiger partial charge in [0.05, 0.1) is 15.9 Å². The zero-order chi connectivity index (χ0) is 13.8. The minimum absolute atomic E-state index is 0.201. The molecule has 2 N–H and O–H groups in total. The molecule has 1 unspecified atom stereocenters. The van der Waals surface area contributed by atoms with Crippen LogP contribution in [-0.2, 0) is 24.1 Å². The van der Waals surface area contributed by atoms with Crippen molar-refractivity contribution in [3.8, 4) is 0 Å². The molecule has 1 aliphatic heterocycles. The van der Waals surface area contributed by atoms with E-state index >= 15 is 0 Å². The van der Waals surface area contributed by atoms with E-state index in [0.717, 1.165) is 55.6 Å². The van der Waals surface area contributed by atoms with Crippen molar-refractivity contribution in [1.29, 1.82) is 0 Å². The fraction of sp³-hybridized carbons (Fsp3) is 0.786. The van der Waals surface area contributed by atoms with Crippen LogP contribution in [-0.4, -0.2) is 29.0 Å². The maximum atomic E-state index is 6.41. The highest BCUT2D eigenvalue weighted by molar-refractivity contribution is 9.10. The fourth-order valence-electron chi connectivity index (χ4n) is 2.75. The first-order valence-corrected chi connectivity index (χ1v) is 8.04. The van der Waals surface area contributed by atoms with Gasteiger partial charge in [-0.2, -0.15) is 5.10 Å². The highest BCUT2D eigenvalue weighted by atomic mass is 79.9. The molecule has 0 bridgehead atoms. The molecule has 0 aliphatic carbocycles. The number of nitrogens with two attached hydrogens (primary N) is 1. The summed E-state index contributed by atoms with van der Waals surface area (Å²) in [5.41, 5.74) is 8.79. The highest BCUT2D eigenvalue weighted by Crippen LogP contribution is 2.26. The Labute approximate surface area is 123 Å². The summed E-state index contributed by atoms with van der Waals surface area (Å²) in [4.78, 5) is 0. The number of halogens is 1. The van der Waals surface area contributed by atoms with Gasteiger partial charge < -0.3 is 10.5 Å². The lowest BCUT2D eigenvalue weighted by Gasteiger charge is -2.27. The monoisotopic (exact) mass is 329 g/mol. The van der Waals surface area contributed by atoms with Gasteiger partial charge in [-0.3, -0.25) is 4.68 Å². The Morgan fingerprint density at radius 1 is 1.42 bits per heavy atom. The molecule has 0 saturated carbocycles. The molecule has 108 valence electrons. The average Bonchev–Trinajstić information content (AvgIpc) is 2.76. The lowest BCUT2D eigenvalue weighted by atomic mass is 9.89. The van der Waals surface area contributed by atoms with Gasteiger partial charge in [0.25, 0.3) is 0 Å². The Hall–Kier alpha value is -0.390. The molecule has 1 aliphatic rings. The Morgan fingerprint density at radius 2 is 2.11 bits per heavy atom. The molecule has 5 heteroatoms. The SMILES string of the molecule is CCc1nn(CC)c(CC(N)C2CCOCC2)c1Br. The van der Waals surface area contributed by atoms with Gasteiger partial charge in [-0.1, -0.05) is 6.92 Å². The molecular formula is C14H24BrN3O. The van der Waals surface area contributed by atoms with E-state index in [0.29, 0.717) is 5.92 Å². The molecule has 1 aromatic heterocycles. The van der Waals surface area contributed by atoms with E-state index in [1.54, 1.807) is 0 Å². The molecule has 1 atom stereocenters. The van der Waals surface area contributed by atoms with Crippen LogP contribution >= 0.6 is 15.9 Å². The Balaban J connectivity index is 2.10. The topological polar surface area (TPSA) is 53.1 Å². The van der Waals surface area contributed by atoms with Crippen molar-refractivity contribution in [2.45, 2.75) is 52.1 Å². The van der Waals surface area contributed by atoms with Gasteiger partial charge in [-0.25, -0.2) is 0 Å². The van der Waals surface area contributed by atoms with Crippen molar-refractivity contribution < 1.29 is 4.74 Å². The summed E-state index contributed by atoms with van der Waals surface area (Å²) in [5.74, 6) is 0.575. The largest absolute Gasteiger partial charge is 0.381 e. The van der Waals surface area contributed by atoms with E-state index in [1.807, 2.05) is 0 Å². The molecule has 19 heavy (non-hydrogen) atoms. The zero-order valence-corrected chi connectivity index (χ0v) is 13.4. The quantitative estimate of drug-likeness (QED) is 0.903. The van der Waals surface area contributed by atoms with E-state index in [1.165, 1.54) is 5.69 Å². The van der Waals surface area contributed by atoms with Crippen molar-refractivity contribution in [2.24, 2.45) is 11.7 Å². The van der Waals surface area contributed by atoms with E-state index in [2.05, 4.69) is 39.6 Å². The smallest absolute Gasteiger partial charge is 0.0766 e. The standard InChI is InChI=1S/C14H24BrN3O/c1-3-12-14(15)13(18(4-2)17-12)9-11(16)10-5-7-19-8-6-10/h10-11H,3-9,16H2,1-2H3. The van der Waals surface area contributed by atoms with Crippen LogP contribution in [0.2, 0.25) is 0 Å². The number of nitrogens with zero attached hydrogens (tertiary/aromatic N) is 2. The molecule has 0 aromatic carbocycles. The van der Waals surface area contributed by atoms with Crippen molar-refractivity contribution in [1.82, 2.24) is 9.78 Å². The summed E-state index contributed by atoms with van der Waals surface area (Å²) in [6.45, 7) is 6.87. The molecule has 2 heterocycles. The molecule has 1 fully saturated rings. The summed E-state index contributed by atoms with van der Waals surface area (Å²) in [7, 11) is 0. The minimum atomic E-state index is 0.201. The predicted molar refractivity (Wildman–Crippen MR) is 80.2 cm³/mol. The summed E-state index contributed by atoms with van der Waals surface area (Å²) < 4.78 is 8.65. The Morgan fingerprint density at radius 3 is 2.68 bits per heavy atom. The van der Waals surface area contributed by atoms with Crippen LogP contribution in [0.15, 0.2) is 4.47 Å². The van der Waals surface area contributed by atoms with Crippen molar-refractivity contribution in [3.63, 3.8) is 0 Å². The molecule has 0 amide bonds. The van der Waals surface area contributed by atoms with Gasteiger partial charge in [-0.15, -0.1) is 0 Å². The lowest BCUT2D eigenvalue weighted by molar-refractivity contribution is 0.0582. The first kappa shape index (κ1) is 15.0. The molecule has 1 saturated heterocycles. The molecule has 0 radical (unpaired) electrons. The van der Waals surface area contributed by atoms with E-state index in [4.69, 9.17) is 10.5 Å². The van der Waals surface area contributed by atoms with Gasteiger partial charge in [0.15, 0.2) is 0 Å². The van der Waals surface area contributed by atoms with E-state index in [-0.39, 0.29) is 6.04 Å². The predicted octanol–water partition coefficient (Wildman–Crippen LogP) is 2.52. The molecule has 4 nitrogen and oxygen atoms in total. The zero-order valence-electron chi connectivity index (χ0n) is 11.9. The van der Waals surface area contributed by atoms with Crippen LogP contribution < -0.4 is 5.73 Å². The third kappa shape index (κ3) is 3.38. The van der Waals surface area contributed by atoms with Crippen LogP contribution in [0.1, 0.15) is 38.1 Å². The van der Waals surface area contributed by atoms with Gasteiger partial charge in [0.2, 0.25) is 0 Å². The maximum absolute atomic E-state index is 6.41. The van der Waals surface area contributed by atoms with Gasteiger partial charge >= 0.3 is 0 Å². The maximum Gasteiger partial charge on any atom is 0.0766 e. The number of aromatic nitrogens is 2. The first-order chi connectivity index (χ1) is 9.17. The fourth-order valence-corrected chi connectivity index (χ4v) is 3.47. The second-order valence-electron chi connectivity index (χ2n) is 5.19. The first-order valence-electron chi connectivity index (χ1n) is 7.24. The molecule has 2 rings (SSSR count). The number of rotatable bonds is 5. The molecule has 1 aromatic rings. The molecular weight excluding hydrogens is 306 g/mol. The van der Waals surface area contributed by atoms with E-state index in [9.17, 15) is 0 Å². The highest BCUT2D eigenvalue weighted by Gasteiger charge is 2.24. The van der Waals surface area contributed by atoms with Gasteiger partial charge in [0, 0.05) is 32.2 Å². The summed E-state index contributed by atoms with van der Waals surface area (Å²) >= 11 is 3.69. The third-order valence-electron chi connectivity index (χ3n) is 3.99. The minimum Gasteiger partial charge on any atom is -0.381 e. The Bertz CT molecular complexity index is 413. The Kier molecular flexibility index (Phi) is 5.42. The third-order valence-corrected chi connectivity index (χ3v) is 4.91.